The van der Waals surface area contributed by atoms with Crippen molar-refractivity contribution >= 4 is 25.6 Å². The smallest absolute Gasteiger partial charge is 0.261 e. The topological polar surface area (TPSA) is 63.2 Å². The molecule has 0 atom stereocenters. The van der Waals surface area contributed by atoms with Gasteiger partial charge >= 0.3 is 0 Å². The Bertz CT molecular complexity index is 631. The van der Waals surface area contributed by atoms with Crippen molar-refractivity contribution < 1.29 is 13.2 Å². The minimum absolute atomic E-state index is 0.0225. The van der Waals surface area contributed by atoms with Crippen LogP contribution < -0.4 is 5.32 Å². The van der Waals surface area contributed by atoms with Crippen LogP contribution in [0.15, 0.2) is 17.0 Å². The van der Waals surface area contributed by atoms with E-state index in [1.807, 2.05) is 20.8 Å². The molecule has 0 aliphatic heterocycles. The Morgan fingerprint density at radius 2 is 1.75 bits per heavy atom. The Labute approximate surface area is 124 Å². The van der Waals surface area contributed by atoms with Crippen LogP contribution in [-0.2, 0) is 9.05 Å². The van der Waals surface area contributed by atoms with Crippen molar-refractivity contribution in [2.24, 2.45) is 5.41 Å². The molecular weight excluding hydrogens is 298 g/mol. The summed E-state index contributed by atoms with van der Waals surface area (Å²) in [6.07, 6.45) is 0. The summed E-state index contributed by atoms with van der Waals surface area (Å²) < 4.78 is 23.0. The number of carbonyl (C=O) groups excluding carboxylic acids is 1. The molecule has 0 aliphatic rings. The number of hydrogen-bond donors (Lipinski definition) is 1. The average molecular weight is 318 g/mol. The summed E-state index contributed by atoms with van der Waals surface area (Å²) in [6, 6.07) is 2.99. The van der Waals surface area contributed by atoms with Gasteiger partial charge < -0.3 is 5.32 Å². The first-order valence-electron chi connectivity index (χ1n) is 6.26. The van der Waals surface area contributed by atoms with Gasteiger partial charge in [-0.2, -0.15) is 0 Å². The molecule has 6 heteroatoms. The molecule has 0 fully saturated rings. The zero-order valence-corrected chi connectivity index (χ0v) is 13.9. The van der Waals surface area contributed by atoms with E-state index in [2.05, 4.69) is 5.32 Å². The van der Waals surface area contributed by atoms with E-state index in [9.17, 15) is 13.2 Å². The summed E-state index contributed by atoms with van der Waals surface area (Å²) in [5, 5.41) is 2.80. The summed E-state index contributed by atoms with van der Waals surface area (Å²) in [5.41, 5.74) is 1.54. The van der Waals surface area contributed by atoms with E-state index >= 15 is 0 Å². The summed E-state index contributed by atoms with van der Waals surface area (Å²) in [6.45, 7) is 9.93. The molecule has 1 rings (SSSR count). The largest absolute Gasteiger partial charge is 0.352 e. The number of carbonyl (C=O) groups is 1. The van der Waals surface area contributed by atoms with Crippen molar-refractivity contribution in [3.8, 4) is 0 Å². The number of rotatable bonds is 3. The third-order valence-electron chi connectivity index (χ3n) is 2.81. The zero-order valence-electron chi connectivity index (χ0n) is 12.4. The number of benzene rings is 1. The van der Waals surface area contributed by atoms with Crippen molar-refractivity contribution in [2.75, 3.05) is 6.54 Å². The standard InChI is InChI=1S/C14H20ClNO3S/c1-9-6-10(2)12(20(15,18)19)7-11(9)13(17)16-8-14(3,4)5/h6-7H,8H2,1-5H3,(H,16,17). The first kappa shape index (κ1) is 17.0. The minimum Gasteiger partial charge on any atom is -0.352 e. The fourth-order valence-electron chi connectivity index (χ4n) is 1.78. The van der Waals surface area contributed by atoms with Gasteiger partial charge in [-0.05, 0) is 36.5 Å². The van der Waals surface area contributed by atoms with Crippen LogP contribution in [-0.4, -0.2) is 20.9 Å². The van der Waals surface area contributed by atoms with Crippen LogP contribution in [0, 0.1) is 19.3 Å². The minimum atomic E-state index is -3.86. The SMILES string of the molecule is Cc1cc(C)c(S(=O)(=O)Cl)cc1C(=O)NCC(C)(C)C. The van der Waals surface area contributed by atoms with Crippen LogP contribution in [0.5, 0.6) is 0 Å². The average Bonchev–Trinajstić information content (AvgIpc) is 2.23. The Morgan fingerprint density at radius 1 is 1.20 bits per heavy atom. The van der Waals surface area contributed by atoms with Crippen molar-refractivity contribution in [3.63, 3.8) is 0 Å². The van der Waals surface area contributed by atoms with Crippen molar-refractivity contribution in [2.45, 2.75) is 39.5 Å². The van der Waals surface area contributed by atoms with E-state index < -0.39 is 9.05 Å². The highest BCUT2D eigenvalue weighted by Crippen LogP contribution is 2.24. The van der Waals surface area contributed by atoms with Gasteiger partial charge in [-0.3, -0.25) is 4.79 Å². The maximum Gasteiger partial charge on any atom is 0.261 e. The van der Waals surface area contributed by atoms with Crippen molar-refractivity contribution in [3.05, 3.63) is 28.8 Å². The molecule has 1 aromatic rings. The van der Waals surface area contributed by atoms with Gasteiger partial charge in [0.15, 0.2) is 0 Å². The first-order chi connectivity index (χ1) is 8.92. The molecule has 0 saturated heterocycles. The fraction of sp³-hybridized carbons (Fsp3) is 0.500. The van der Waals surface area contributed by atoms with E-state index in [4.69, 9.17) is 10.7 Å². The first-order valence-corrected chi connectivity index (χ1v) is 8.57. The highest BCUT2D eigenvalue weighted by molar-refractivity contribution is 8.13. The van der Waals surface area contributed by atoms with Crippen LogP contribution in [0.25, 0.3) is 0 Å². The molecule has 4 nitrogen and oxygen atoms in total. The van der Waals surface area contributed by atoms with Gasteiger partial charge in [-0.15, -0.1) is 0 Å². The lowest BCUT2D eigenvalue weighted by atomic mass is 9.96. The number of hydrogen-bond acceptors (Lipinski definition) is 3. The number of aryl methyl sites for hydroxylation is 2. The Balaban J connectivity index is 3.16. The van der Waals surface area contributed by atoms with E-state index in [1.165, 1.54) is 6.07 Å². The molecule has 112 valence electrons. The Morgan fingerprint density at radius 3 is 2.20 bits per heavy atom. The molecule has 1 N–H and O–H groups in total. The second kappa shape index (κ2) is 5.74. The van der Waals surface area contributed by atoms with E-state index in [1.54, 1.807) is 19.9 Å². The number of halogens is 1. The molecule has 0 radical (unpaired) electrons. The van der Waals surface area contributed by atoms with Gasteiger partial charge in [0.25, 0.3) is 15.0 Å². The highest BCUT2D eigenvalue weighted by Gasteiger charge is 2.20. The van der Waals surface area contributed by atoms with Gasteiger partial charge in [0.05, 0.1) is 4.90 Å². The highest BCUT2D eigenvalue weighted by atomic mass is 35.7. The van der Waals surface area contributed by atoms with Gasteiger partial charge in [-0.1, -0.05) is 26.8 Å². The lowest BCUT2D eigenvalue weighted by Gasteiger charge is -2.19. The van der Waals surface area contributed by atoms with Gasteiger partial charge in [0.1, 0.15) is 0 Å². The van der Waals surface area contributed by atoms with Gasteiger partial charge in [0, 0.05) is 22.8 Å². The van der Waals surface area contributed by atoms with Crippen LogP contribution in [0.2, 0.25) is 0 Å². The van der Waals surface area contributed by atoms with Crippen LogP contribution in [0.1, 0.15) is 42.3 Å². The molecule has 0 saturated carbocycles. The second-order valence-electron chi connectivity index (χ2n) is 6.11. The Hall–Kier alpha value is -1.07. The normalized spacial score (nSPS) is 12.3. The molecule has 0 unspecified atom stereocenters. The maximum atomic E-state index is 12.2. The van der Waals surface area contributed by atoms with E-state index in [0.29, 0.717) is 17.7 Å². The van der Waals surface area contributed by atoms with E-state index in [-0.39, 0.29) is 16.2 Å². The zero-order chi connectivity index (χ0) is 15.7. The predicted molar refractivity (Wildman–Crippen MR) is 80.7 cm³/mol. The molecule has 0 bridgehead atoms. The lowest BCUT2D eigenvalue weighted by Crippen LogP contribution is -2.32. The maximum absolute atomic E-state index is 12.2. The second-order valence-corrected chi connectivity index (χ2v) is 8.65. The summed E-state index contributed by atoms with van der Waals surface area (Å²) in [5.74, 6) is -0.293. The molecule has 0 aromatic heterocycles. The van der Waals surface area contributed by atoms with E-state index in [0.717, 1.165) is 5.56 Å². The number of amides is 1. The molecule has 1 amide bonds. The lowest BCUT2D eigenvalue weighted by molar-refractivity contribution is 0.0938. The predicted octanol–water partition coefficient (Wildman–Crippen LogP) is 3.01. The van der Waals surface area contributed by atoms with Crippen LogP contribution in [0.3, 0.4) is 0 Å². The van der Waals surface area contributed by atoms with Crippen molar-refractivity contribution in [1.29, 1.82) is 0 Å². The van der Waals surface area contributed by atoms with Gasteiger partial charge in [0.2, 0.25) is 0 Å². The van der Waals surface area contributed by atoms with Crippen LogP contribution >= 0.6 is 10.7 Å². The van der Waals surface area contributed by atoms with Crippen LogP contribution in [0.4, 0.5) is 0 Å². The Kier molecular flexibility index (Phi) is 4.87. The molecule has 1 aromatic carbocycles. The molecule has 0 heterocycles. The third kappa shape index (κ3) is 4.49. The third-order valence-corrected chi connectivity index (χ3v) is 4.27. The monoisotopic (exact) mass is 317 g/mol. The fourth-order valence-corrected chi connectivity index (χ4v) is 2.98. The summed E-state index contributed by atoms with van der Waals surface area (Å²) >= 11 is 0. The quantitative estimate of drug-likeness (QED) is 0.872. The van der Waals surface area contributed by atoms with Gasteiger partial charge in [-0.25, -0.2) is 8.42 Å². The van der Waals surface area contributed by atoms with Crippen molar-refractivity contribution in [1.82, 2.24) is 5.32 Å². The number of nitrogens with one attached hydrogen (secondary N) is 1. The molecule has 20 heavy (non-hydrogen) atoms. The summed E-state index contributed by atoms with van der Waals surface area (Å²) in [4.78, 5) is 12.1. The summed E-state index contributed by atoms with van der Waals surface area (Å²) in [7, 11) is 1.53. The molecular formula is C14H20ClNO3S. The molecule has 0 aliphatic carbocycles. The molecule has 0 spiro atoms.